The lowest BCUT2D eigenvalue weighted by Gasteiger charge is -2.18. The number of hydrogen-bond donors (Lipinski definition) is 1. The Morgan fingerprint density at radius 2 is 2.19 bits per heavy atom. The lowest BCUT2D eigenvalue weighted by atomic mass is 10.5. The first-order valence-electron chi connectivity index (χ1n) is 4.87. The summed E-state index contributed by atoms with van der Waals surface area (Å²) in [6, 6.07) is -0.186. The maximum atomic E-state index is 11.8. The van der Waals surface area contributed by atoms with Gasteiger partial charge in [0, 0.05) is 18.5 Å². The fourth-order valence-corrected chi connectivity index (χ4v) is 1.81. The molecule has 86 valence electrons. The molecule has 0 radical (unpaired) electrons. The second-order valence-electron chi connectivity index (χ2n) is 3.21. The van der Waals surface area contributed by atoms with Gasteiger partial charge in [-0.25, -0.2) is 9.78 Å². The van der Waals surface area contributed by atoms with Gasteiger partial charge in [0.05, 0.1) is 5.69 Å². The van der Waals surface area contributed by atoms with Gasteiger partial charge in [-0.2, -0.15) is 0 Å². The van der Waals surface area contributed by atoms with Crippen LogP contribution in [0.4, 0.5) is 9.93 Å². The molecule has 0 aliphatic carbocycles. The van der Waals surface area contributed by atoms with Gasteiger partial charge in [0.2, 0.25) is 0 Å². The molecule has 0 bridgehead atoms. The van der Waals surface area contributed by atoms with Crippen molar-refractivity contribution < 1.29 is 4.79 Å². The Morgan fingerprint density at radius 3 is 2.62 bits per heavy atom. The van der Waals surface area contributed by atoms with Crippen LogP contribution in [0.5, 0.6) is 0 Å². The summed E-state index contributed by atoms with van der Waals surface area (Å²) in [4.78, 5) is 17.5. The zero-order chi connectivity index (χ0) is 12.0. The molecule has 0 saturated carbocycles. The number of hydrogen-bond acceptors (Lipinski definition) is 3. The number of urea groups is 1. The molecule has 1 aromatic heterocycles. The first kappa shape index (κ1) is 12.4. The van der Waals surface area contributed by atoms with E-state index in [0.717, 1.165) is 5.69 Å². The maximum Gasteiger partial charge on any atom is 0.324 e. The van der Waals surface area contributed by atoms with E-state index in [1.807, 2.05) is 12.3 Å². The highest BCUT2D eigenvalue weighted by atomic mass is 32.1. The Labute approximate surface area is 99.3 Å². The molecule has 0 saturated heterocycles. The van der Waals surface area contributed by atoms with Gasteiger partial charge in [0.1, 0.15) is 0 Å². The second-order valence-corrected chi connectivity index (χ2v) is 4.06. The Balaban J connectivity index is 2.60. The molecule has 2 amide bonds. The topological polar surface area (TPSA) is 45.2 Å². The van der Waals surface area contributed by atoms with E-state index in [1.165, 1.54) is 11.3 Å². The van der Waals surface area contributed by atoms with Crippen molar-refractivity contribution in [3.8, 4) is 0 Å². The molecular weight excluding hydrogens is 222 g/mol. The molecule has 0 fully saturated rings. The van der Waals surface area contributed by atoms with Crippen LogP contribution < -0.4 is 5.32 Å². The molecule has 16 heavy (non-hydrogen) atoms. The third-order valence-electron chi connectivity index (χ3n) is 1.82. The molecule has 1 N–H and O–H groups in total. The van der Waals surface area contributed by atoms with Crippen LogP contribution in [0.3, 0.4) is 0 Å². The first-order valence-corrected chi connectivity index (χ1v) is 5.75. The van der Waals surface area contributed by atoms with Gasteiger partial charge in [-0.15, -0.1) is 24.5 Å². The normalized spacial score (nSPS) is 9.56. The fraction of sp³-hybridized carbons (Fsp3) is 0.273. The SMILES string of the molecule is C=CCN(CC=C)C(=O)Nc1nc(C)cs1. The minimum Gasteiger partial charge on any atom is -0.317 e. The molecule has 0 spiro atoms. The third kappa shape index (κ3) is 3.51. The van der Waals surface area contributed by atoms with Crippen molar-refractivity contribution in [1.29, 1.82) is 0 Å². The van der Waals surface area contributed by atoms with Crippen LogP contribution in [-0.2, 0) is 0 Å². The number of aromatic nitrogens is 1. The standard InChI is InChI=1S/C11H15N3OS/c1-4-6-14(7-5-2)11(15)13-10-12-9(3)8-16-10/h4-5,8H,1-2,6-7H2,3H3,(H,12,13,15). The average Bonchev–Trinajstić information content (AvgIpc) is 2.63. The lowest BCUT2D eigenvalue weighted by molar-refractivity contribution is 0.222. The van der Waals surface area contributed by atoms with Crippen LogP contribution >= 0.6 is 11.3 Å². The lowest BCUT2D eigenvalue weighted by Crippen LogP contribution is -2.35. The van der Waals surface area contributed by atoms with Crippen molar-refractivity contribution in [2.75, 3.05) is 18.4 Å². The summed E-state index contributed by atoms with van der Waals surface area (Å²) in [5, 5.41) is 5.23. The van der Waals surface area contributed by atoms with E-state index in [0.29, 0.717) is 18.2 Å². The summed E-state index contributed by atoms with van der Waals surface area (Å²) in [7, 11) is 0. The predicted octanol–water partition coefficient (Wildman–Crippen LogP) is 2.66. The molecule has 1 rings (SSSR count). The van der Waals surface area contributed by atoms with Gasteiger partial charge in [-0.3, -0.25) is 5.32 Å². The number of nitrogens with zero attached hydrogens (tertiary/aromatic N) is 2. The van der Waals surface area contributed by atoms with E-state index in [4.69, 9.17) is 0 Å². The quantitative estimate of drug-likeness (QED) is 0.800. The molecule has 1 heterocycles. The second kappa shape index (κ2) is 6.07. The first-order chi connectivity index (χ1) is 7.67. The van der Waals surface area contributed by atoms with Crippen molar-refractivity contribution in [2.45, 2.75) is 6.92 Å². The Morgan fingerprint density at radius 1 is 1.56 bits per heavy atom. The van der Waals surface area contributed by atoms with Gasteiger partial charge >= 0.3 is 6.03 Å². The van der Waals surface area contributed by atoms with E-state index in [-0.39, 0.29) is 6.03 Å². The number of rotatable bonds is 5. The molecule has 0 unspecified atom stereocenters. The van der Waals surface area contributed by atoms with Crippen molar-refractivity contribution in [3.63, 3.8) is 0 Å². The van der Waals surface area contributed by atoms with Crippen molar-refractivity contribution >= 4 is 22.5 Å². The van der Waals surface area contributed by atoms with Crippen LogP contribution in [0, 0.1) is 6.92 Å². The molecule has 0 aliphatic rings. The molecule has 5 heteroatoms. The van der Waals surface area contributed by atoms with Crippen LogP contribution in [0.1, 0.15) is 5.69 Å². The number of anilines is 1. The minimum absolute atomic E-state index is 0.186. The van der Waals surface area contributed by atoms with E-state index >= 15 is 0 Å². The van der Waals surface area contributed by atoms with Crippen LogP contribution in [0.15, 0.2) is 30.7 Å². The smallest absolute Gasteiger partial charge is 0.317 e. The highest BCUT2D eigenvalue weighted by molar-refractivity contribution is 7.13. The van der Waals surface area contributed by atoms with Gasteiger partial charge in [-0.05, 0) is 6.92 Å². The van der Waals surface area contributed by atoms with Crippen molar-refractivity contribution in [2.24, 2.45) is 0 Å². The number of thiazole rings is 1. The molecule has 1 aromatic rings. The molecular formula is C11H15N3OS. The summed E-state index contributed by atoms with van der Waals surface area (Å²) in [6.07, 6.45) is 3.35. The molecule has 0 atom stereocenters. The zero-order valence-corrected chi connectivity index (χ0v) is 10.1. The van der Waals surface area contributed by atoms with Crippen molar-refractivity contribution in [3.05, 3.63) is 36.4 Å². The van der Waals surface area contributed by atoms with E-state index in [1.54, 1.807) is 17.1 Å². The molecule has 0 aromatic carbocycles. The largest absolute Gasteiger partial charge is 0.324 e. The van der Waals surface area contributed by atoms with E-state index in [9.17, 15) is 4.79 Å². The predicted molar refractivity (Wildman–Crippen MR) is 67.8 cm³/mol. The van der Waals surface area contributed by atoms with Gasteiger partial charge in [0.15, 0.2) is 5.13 Å². The Bertz CT molecular complexity index is 376. The van der Waals surface area contributed by atoms with Crippen LogP contribution in [0.2, 0.25) is 0 Å². The van der Waals surface area contributed by atoms with E-state index < -0.39 is 0 Å². The summed E-state index contributed by atoms with van der Waals surface area (Å²) in [5.41, 5.74) is 0.902. The number of nitrogens with one attached hydrogen (secondary N) is 1. The summed E-state index contributed by atoms with van der Waals surface area (Å²) in [6.45, 7) is 10.1. The zero-order valence-electron chi connectivity index (χ0n) is 9.27. The summed E-state index contributed by atoms with van der Waals surface area (Å²) < 4.78 is 0. The van der Waals surface area contributed by atoms with Gasteiger partial charge in [0.25, 0.3) is 0 Å². The number of carbonyl (C=O) groups excluding carboxylic acids is 1. The Hall–Kier alpha value is -1.62. The monoisotopic (exact) mass is 237 g/mol. The minimum atomic E-state index is -0.186. The molecule has 0 aliphatic heterocycles. The van der Waals surface area contributed by atoms with Gasteiger partial charge < -0.3 is 4.90 Å². The highest BCUT2D eigenvalue weighted by Crippen LogP contribution is 2.14. The fourth-order valence-electron chi connectivity index (χ4n) is 1.13. The third-order valence-corrected chi connectivity index (χ3v) is 2.69. The summed E-state index contributed by atoms with van der Waals surface area (Å²) in [5.74, 6) is 0. The molecule has 4 nitrogen and oxygen atoms in total. The highest BCUT2D eigenvalue weighted by Gasteiger charge is 2.11. The van der Waals surface area contributed by atoms with Crippen LogP contribution in [-0.4, -0.2) is 29.0 Å². The number of aryl methyl sites for hydroxylation is 1. The number of carbonyl (C=O) groups is 1. The average molecular weight is 237 g/mol. The Kier molecular flexibility index (Phi) is 4.72. The number of amides is 2. The van der Waals surface area contributed by atoms with E-state index in [2.05, 4.69) is 23.5 Å². The van der Waals surface area contributed by atoms with Crippen LogP contribution in [0.25, 0.3) is 0 Å². The van der Waals surface area contributed by atoms with Gasteiger partial charge in [-0.1, -0.05) is 12.2 Å². The van der Waals surface area contributed by atoms with Crippen molar-refractivity contribution in [1.82, 2.24) is 9.88 Å². The summed E-state index contributed by atoms with van der Waals surface area (Å²) >= 11 is 1.41. The maximum absolute atomic E-state index is 11.8.